The third kappa shape index (κ3) is 3.23. The zero-order valence-electron chi connectivity index (χ0n) is 11.8. The lowest BCUT2D eigenvalue weighted by Crippen LogP contribution is -2.15. The summed E-state index contributed by atoms with van der Waals surface area (Å²) in [5.74, 6) is -0.203. The molecule has 1 N–H and O–H groups in total. The molecule has 0 aliphatic heterocycles. The van der Waals surface area contributed by atoms with Crippen LogP contribution >= 0.6 is 11.6 Å². The van der Waals surface area contributed by atoms with Crippen LogP contribution in [0.1, 0.15) is 0 Å². The molecule has 0 radical (unpaired) electrons. The fourth-order valence-corrected chi connectivity index (χ4v) is 3.37. The Labute approximate surface area is 138 Å². The second-order valence-electron chi connectivity index (χ2n) is 4.78. The molecule has 4 nitrogen and oxygen atoms in total. The third-order valence-electron chi connectivity index (χ3n) is 3.22. The maximum absolute atomic E-state index is 13.3. The molecule has 3 aromatic rings. The second-order valence-corrected chi connectivity index (χ2v) is 6.87. The average molecular weight is 351 g/mol. The van der Waals surface area contributed by atoms with Crippen LogP contribution in [0.2, 0.25) is 5.02 Å². The van der Waals surface area contributed by atoms with Crippen molar-refractivity contribution in [2.24, 2.45) is 0 Å². The highest BCUT2D eigenvalue weighted by Crippen LogP contribution is 2.24. The number of sulfonamides is 1. The largest absolute Gasteiger partial charge is 0.303 e. The van der Waals surface area contributed by atoms with Gasteiger partial charge in [0.05, 0.1) is 9.92 Å². The van der Waals surface area contributed by atoms with Crippen LogP contribution in [-0.2, 0) is 10.0 Å². The van der Waals surface area contributed by atoms with Crippen molar-refractivity contribution in [2.45, 2.75) is 4.90 Å². The SMILES string of the molecule is O=S(=O)(Nc1cccn1-c1ccc(F)c(Cl)c1)c1ccccc1. The molecule has 0 bridgehead atoms. The Bertz CT molecular complexity index is 940. The summed E-state index contributed by atoms with van der Waals surface area (Å²) < 4.78 is 42.2. The van der Waals surface area contributed by atoms with E-state index in [2.05, 4.69) is 4.72 Å². The molecule has 0 atom stereocenters. The second kappa shape index (κ2) is 6.06. The number of anilines is 1. The van der Waals surface area contributed by atoms with E-state index in [0.29, 0.717) is 11.5 Å². The molecule has 0 fully saturated rings. The van der Waals surface area contributed by atoms with E-state index in [9.17, 15) is 12.8 Å². The number of benzene rings is 2. The van der Waals surface area contributed by atoms with Crippen LogP contribution in [0, 0.1) is 5.82 Å². The summed E-state index contributed by atoms with van der Waals surface area (Å²) in [5, 5.41) is -0.0342. The van der Waals surface area contributed by atoms with Gasteiger partial charge < -0.3 is 4.57 Å². The van der Waals surface area contributed by atoms with Crippen LogP contribution in [0.15, 0.2) is 71.8 Å². The third-order valence-corrected chi connectivity index (χ3v) is 4.88. The number of aromatic nitrogens is 1. The molecule has 23 heavy (non-hydrogen) atoms. The van der Waals surface area contributed by atoms with E-state index >= 15 is 0 Å². The standard InChI is InChI=1S/C16H12ClFN2O2S/c17-14-11-12(8-9-15(14)18)20-10-4-7-16(20)19-23(21,22)13-5-2-1-3-6-13/h1-11,19H. The first kappa shape index (κ1) is 15.6. The maximum atomic E-state index is 13.3. The predicted octanol–water partition coefficient (Wildman–Crippen LogP) is 4.07. The Morgan fingerprint density at radius 1 is 1.00 bits per heavy atom. The van der Waals surface area contributed by atoms with Crippen molar-refractivity contribution in [3.05, 3.63) is 77.7 Å². The van der Waals surface area contributed by atoms with Crippen LogP contribution in [-0.4, -0.2) is 13.0 Å². The van der Waals surface area contributed by atoms with Crippen molar-refractivity contribution >= 4 is 27.4 Å². The number of hydrogen-bond donors (Lipinski definition) is 1. The molecule has 7 heteroatoms. The van der Waals surface area contributed by atoms with Gasteiger partial charge in [-0.15, -0.1) is 0 Å². The first-order valence-corrected chi connectivity index (χ1v) is 8.54. The van der Waals surface area contributed by atoms with E-state index < -0.39 is 15.8 Å². The predicted molar refractivity (Wildman–Crippen MR) is 88.0 cm³/mol. The molecule has 0 saturated heterocycles. The zero-order chi connectivity index (χ0) is 16.4. The fourth-order valence-electron chi connectivity index (χ4n) is 2.12. The minimum atomic E-state index is -3.71. The molecule has 1 aromatic heterocycles. The van der Waals surface area contributed by atoms with Gasteiger partial charge in [-0.25, -0.2) is 12.8 Å². The van der Waals surface area contributed by atoms with Crippen LogP contribution < -0.4 is 4.72 Å². The van der Waals surface area contributed by atoms with Gasteiger partial charge in [0, 0.05) is 11.9 Å². The smallest absolute Gasteiger partial charge is 0.263 e. The van der Waals surface area contributed by atoms with Crippen LogP contribution in [0.25, 0.3) is 5.69 Å². The van der Waals surface area contributed by atoms with Crippen LogP contribution in [0.4, 0.5) is 10.2 Å². The monoisotopic (exact) mass is 350 g/mol. The average Bonchev–Trinajstić information content (AvgIpc) is 2.98. The van der Waals surface area contributed by atoms with Gasteiger partial charge in [0.25, 0.3) is 10.0 Å². The van der Waals surface area contributed by atoms with Gasteiger partial charge in [-0.3, -0.25) is 4.72 Å². The summed E-state index contributed by atoms with van der Waals surface area (Å²) in [6, 6.07) is 15.5. The van der Waals surface area contributed by atoms with Crippen LogP contribution in [0.3, 0.4) is 0 Å². The van der Waals surface area contributed by atoms with E-state index in [1.165, 1.54) is 30.3 Å². The van der Waals surface area contributed by atoms with E-state index in [1.807, 2.05) is 0 Å². The van der Waals surface area contributed by atoms with Gasteiger partial charge in [-0.05, 0) is 42.5 Å². The molecule has 0 aliphatic rings. The molecule has 0 spiro atoms. The van der Waals surface area contributed by atoms with Gasteiger partial charge in [0.1, 0.15) is 11.6 Å². The van der Waals surface area contributed by atoms with Gasteiger partial charge in [-0.2, -0.15) is 0 Å². The first-order chi connectivity index (χ1) is 11.0. The van der Waals surface area contributed by atoms with E-state index in [4.69, 9.17) is 11.6 Å². The Morgan fingerprint density at radius 3 is 2.43 bits per heavy atom. The highest BCUT2D eigenvalue weighted by molar-refractivity contribution is 7.92. The number of nitrogens with one attached hydrogen (secondary N) is 1. The minimum Gasteiger partial charge on any atom is -0.303 e. The summed E-state index contributed by atoms with van der Waals surface area (Å²) in [6.45, 7) is 0. The number of nitrogens with zero attached hydrogens (tertiary/aromatic N) is 1. The van der Waals surface area contributed by atoms with E-state index in [0.717, 1.165) is 0 Å². The number of hydrogen-bond acceptors (Lipinski definition) is 2. The lowest BCUT2D eigenvalue weighted by atomic mass is 10.3. The van der Waals surface area contributed by atoms with Gasteiger partial charge in [0.15, 0.2) is 0 Å². The zero-order valence-corrected chi connectivity index (χ0v) is 13.4. The molecule has 3 rings (SSSR count). The van der Waals surface area contributed by atoms with E-state index in [1.54, 1.807) is 41.1 Å². The van der Waals surface area contributed by atoms with Crippen molar-refractivity contribution in [2.75, 3.05) is 4.72 Å². The highest BCUT2D eigenvalue weighted by atomic mass is 35.5. The summed E-state index contributed by atoms with van der Waals surface area (Å²) in [7, 11) is -3.71. The minimum absolute atomic E-state index is 0.0342. The molecule has 0 saturated carbocycles. The molecule has 0 unspecified atom stereocenters. The maximum Gasteiger partial charge on any atom is 0.263 e. The lowest BCUT2D eigenvalue weighted by Gasteiger charge is -2.12. The molecule has 118 valence electrons. The molecule has 0 aliphatic carbocycles. The van der Waals surface area contributed by atoms with E-state index in [-0.39, 0.29) is 9.92 Å². The topological polar surface area (TPSA) is 51.1 Å². The molecular formula is C16H12ClFN2O2S. The Hall–Kier alpha value is -2.31. The summed E-state index contributed by atoms with van der Waals surface area (Å²) in [6.07, 6.45) is 1.66. The van der Waals surface area contributed by atoms with Gasteiger partial charge >= 0.3 is 0 Å². The Morgan fingerprint density at radius 2 is 1.74 bits per heavy atom. The Balaban J connectivity index is 1.97. The number of halogens is 2. The highest BCUT2D eigenvalue weighted by Gasteiger charge is 2.16. The van der Waals surface area contributed by atoms with Gasteiger partial charge in [0.2, 0.25) is 0 Å². The Kier molecular flexibility index (Phi) is 4.11. The van der Waals surface area contributed by atoms with Gasteiger partial charge in [-0.1, -0.05) is 29.8 Å². The molecule has 2 aromatic carbocycles. The van der Waals surface area contributed by atoms with Crippen molar-refractivity contribution in [3.63, 3.8) is 0 Å². The molecular weight excluding hydrogens is 339 g/mol. The molecule has 1 heterocycles. The van der Waals surface area contributed by atoms with Crippen molar-refractivity contribution in [1.29, 1.82) is 0 Å². The lowest BCUT2D eigenvalue weighted by molar-refractivity contribution is 0.601. The normalized spacial score (nSPS) is 11.4. The van der Waals surface area contributed by atoms with Crippen LogP contribution in [0.5, 0.6) is 0 Å². The van der Waals surface area contributed by atoms with Crippen molar-refractivity contribution in [3.8, 4) is 5.69 Å². The summed E-state index contributed by atoms with van der Waals surface area (Å²) >= 11 is 5.79. The van der Waals surface area contributed by atoms with Crippen molar-refractivity contribution < 1.29 is 12.8 Å². The quantitative estimate of drug-likeness (QED) is 0.771. The first-order valence-electron chi connectivity index (χ1n) is 6.68. The van der Waals surface area contributed by atoms with Crippen molar-refractivity contribution in [1.82, 2.24) is 4.57 Å². The summed E-state index contributed by atoms with van der Waals surface area (Å²) in [4.78, 5) is 0.157. The molecule has 0 amide bonds. The number of rotatable bonds is 4. The fraction of sp³-hybridized carbons (Fsp3) is 0. The summed E-state index contributed by atoms with van der Waals surface area (Å²) in [5.41, 5.74) is 0.548.